The molecule has 2 aromatic rings. The van der Waals surface area contributed by atoms with Gasteiger partial charge in [-0.3, -0.25) is 9.48 Å². The maximum Gasteiger partial charge on any atom is 0.242 e. The summed E-state index contributed by atoms with van der Waals surface area (Å²) in [5.74, 6) is 1.01. The lowest BCUT2D eigenvalue weighted by Crippen LogP contribution is -2.29. The van der Waals surface area contributed by atoms with Crippen LogP contribution in [0.5, 0.6) is 0 Å². The summed E-state index contributed by atoms with van der Waals surface area (Å²) in [6.45, 7) is 4.46. The number of nitrogens with one attached hydrogen (secondary N) is 2. The Kier molecular flexibility index (Phi) is 4.53. The van der Waals surface area contributed by atoms with E-state index in [4.69, 9.17) is 4.52 Å². The van der Waals surface area contributed by atoms with Crippen LogP contribution in [-0.2, 0) is 17.9 Å². The summed E-state index contributed by atoms with van der Waals surface area (Å²) in [5.41, 5.74) is 1.87. The molecule has 22 heavy (non-hydrogen) atoms. The number of piperidine rings is 1. The van der Waals surface area contributed by atoms with Gasteiger partial charge >= 0.3 is 0 Å². The highest BCUT2D eigenvalue weighted by molar-refractivity contribution is 5.75. The van der Waals surface area contributed by atoms with Crippen molar-refractivity contribution in [1.29, 1.82) is 0 Å². The van der Waals surface area contributed by atoms with Crippen LogP contribution in [0.1, 0.15) is 35.9 Å². The zero-order valence-corrected chi connectivity index (χ0v) is 12.7. The van der Waals surface area contributed by atoms with Crippen molar-refractivity contribution in [1.82, 2.24) is 25.6 Å². The van der Waals surface area contributed by atoms with E-state index in [0.717, 1.165) is 30.9 Å². The molecule has 0 aliphatic carbocycles. The summed E-state index contributed by atoms with van der Waals surface area (Å²) >= 11 is 0. The summed E-state index contributed by atoms with van der Waals surface area (Å²) in [4.78, 5) is 11.9. The van der Waals surface area contributed by atoms with E-state index in [9.17, 15) is 4.79 Å². The minimum absolute atomic E-state index is 0.0922. The number of hydrogen-bond donors (Lipinski definition) is 2. The van der Waals surface area contributed by atoms with Crippen LogP contribution in [0.2, 0.25) is 0 Å². The lowest BCUT2D eigenvalue weighted by molar-refractivity contribution is -0.122. The molecule has 118 valence electrons. The maximum absolute atomic E-state index is 11.9. The molecule has 1 aliphatic rings. The van der Waals surface area contributed by atoms with Gasteiger partial charge in [0.25, 0.3) is 0 Å². The molecule has 1 fully saturated rings. The van der Waals surface area contributed by atoms with Gasteiger partial charge in [-0.2, -0.15) is 5.10 Å². The van der Waals surface area contributed by atoms with Crippen molar-refractivity contribution in [3.8, 4) is 0 Å². The van der Waals surface area contributed by atoms with E-state index in [2.05, 4.69) is 20.9 Å². The van der Waals surface area contributed by atoms with Gasteiger partial charge in [-0.1, -0.05) is 5.16 Å². The van der Waals surface area contributed by atoms with Crippen LogP contribution in [0.15, 0.2) is 22.9 Å². The molecule has 1 atom stereocenters. The summed E-state index contributed by atoms with van der Waals surface area (Å²) in [5, 5.41) is 14.5. The van der Waals surface area contributed by atoms with Crippen LogP contribution in [0, 0.1) is 6.92 Å². The molecule has 1 aliphatic heterocycles. The van der Waals surface area contributed by atoms with Crippen molar-refractivity contribution in [2.24, 2.45) is 0 Å². The van der Waals surface area contributed by atoms with Crippen molar-refractivity contribution in [2.45, 2.75) is 38.8 Å². The Morgan fingerprint density at radius 2 is 2.50 bits per heavy atom. The molecule has 7 nitrogen and oxygen atoms in total. The minimum Gasteiger partial charge on any atom is -0.359 e. The van der Waals surface area contributed by atoms with Gasteiger partial charge in [0.2, 0.25) is 5.91 Å². The Morgan fingerprint density at radius 1 is 1.59 bits per heavy atom. The number of amides is 1. The van der Waals surface area contributed by atoms with Crippen LogP contribution < -0.4 is 10.6 Å². The summed E-state index contributed by atoms with van der Waals surface area (Å²) < 4.78 is 6.74. The second-order valence-electron chi connectivity index (χ2n) is 5.69. The van der Waals surface area contributed by atoms with E-state index in [1.807, 2.05) is 25.3 Å². The van der Waals surface area contributed by atoms with Crippen LogP contribution in [0.25, 0.3) is 0 Å². The van der Waals surface area contributed by atoms with Crippen molar-refractivity contribution >= 4 is 5.91 Å². The van der Waals surface area contributed by atoms with Crippen molar-refractivity contribution in [2.75, 3.05) is 13.1 Å². The third-order valence-electron chi connectivity index (χ3n) is 3.82. The van der Waals surface area contributed by atoms with Gasteiger partial charge in [0, 0.05) is 24.7 Å². The fraction of sp³-hybridized carbons (Fsp3) is 0.533. The van der Waals surface area contributed by atoms with Crippen LogP contribution in [0.4, 0.5) is 0 Å². The minimum atomic E-state index is -0.0922. The van der Waals surface area contributed by atoms with Crippen molar-refractivity contribution in [3.05, 3.63) is 35.5 Å². The third-order valence-corrected chi connectivity index (χ3v) is 3.82. The maximum atomic E-state index is 11.9. The molecule has 0 saturated carbocycles. The first-order chi connectivity index (χ1) is 10.7. The topological polar surface area (TPSA) is 85.0 Å². The van der Waals surface area contributed by atoms with E-state index < -0.39 is 0 Å². The molecular weight excluding hydrogens is 282 g/mol. The van der Waals surface area contributed by atoms with Crippen molar-refractivity contribution in [3.63, 3.8) is 0 Å². The van der Waals surface area contributed by atoms with Gasteiger partial charge in [0.1, 0.15) is 6.54 Å². The molecule has 2 N–H and O–H groups in total. The van der Waals surface area contributed by atoms with E-state index >= 15 is 0 Å². The molecule has 3 heterocycles. The van der Waals surface area contributed by atoms with Gasteiger partial charge < -0.3 is 15.2 Å². The fourth-order valence-corrected chi connectivity index (χ4v) is 2.68. The molecule has 0 bridgehead atoms. The van der Waals surface area contributed by atoms with Crippen LogP contribution in [0.3, 0.4) is 0 Å². The SMILES string of the molecule is Cc1cc(CNC(=O)Cn2ccc(C3CCCNC3)n2)on1. The lowest BCUT2D eigenvalue weighted by atomic mass is 9.97. The number of carbonyl (C=O) groups is 1. The second-order valence-corrected chi connectivity index (χ2v) is 5.69. The Balaban J connectivity index is 1.50. The van der Waals surface area contributed by atoms with Gasteiger partial charge in [-0.25, -0.2) is 0 Å². The number of nitrogens with zero attached hydrogens (tertiary/aromatic N) is 3. The number of aryl methyl sites for hydroxylation is 1. The van der Waals surface area contributed by atoms with Crippen molar-refractivity contribution < 1.29 is 9.32 Å². The number of aromatic nitrogens is 3. The van der Waals surface area contributed by atoms with E-state index in [-0.39, 0.29) is 12.5 Å². The summed E-state index contributed by atoms with van der Waals surface area (Å²) in [7, 11) is 0. The predicted octanol–water partition coefficient (Wildman–Crippen LogP) is 0.963. The van der Waals surface area contributed by atoms with Crippen LogP contribution >= 0.6 is 0 Å². The summed E-state index contributed by atoms with van der Waals surface area (Å²) in [6.07, 6.45) is 4.19. The Labute approximate surface area is 129 Å². The zero-order valence-electron chi connectivity index (χ0n) is 12.7. The van der Waals surface area contributed by atoms with Crippen LogP contribution in [-0.4, -0.2) is 33.9 Å². The highest BCUT2D eigenvalue weighted by atomic mass is 16.5. The van der Waals surface area contributed by atoms with Gasteiger partial charge in [-0.15, -0.1) is 0 Å². The molecule has 0 aromatic carbocycles. The van der Waals surface area contributed by atoms with Gasteiger partial charge in [0.15, 0.2) is 5.76 Å². The number of hydrogen-bond acceptors (Lipinski definition) is 5. The molecular formula is C15H21N5O2. The molecule has 2 aromatic heterocycles. The van der Waals surface area contributed by atoms with Gasteiger partial charge in [0.05, 0.1) is 17.9 Å². The monoisotopic (exact) mass is 303 g/mol. The average Bonchev–Trinajstić information content (AvgIpc) is 3.15. The Morgan fingerprint density at radius 3 is 3.23 bits per heavy atom. The predicted molar refractivity (Wildman–Crippen MR) is 80.2 cm³/mol. The van der Waals surface area contributed by atoms with E-state index in [1.54, 1.807) is 4.68 Å². The fourth-order valence-electron chi connectivity index (χ4n) is 2.68. The number of carbonyl (C=O) groups excluding carboxylic acids is 1. The van der Waals surface area contributed by atoms with E-state index in [1.165, 1.54) is 6.42 Å². The zero-order chi connectivity index (χ0) is 15.4. The normalized spacial score (nSPS) is 18.3. The molecule has 0 spiro atoms. The molecule has 1 unspecified atom stereocenters. The molecule has 7 heteroatoms. The standard InChI is InChI=1S/C15H21N5O2/c1-11-7-13(22-19-11)9-17-15(21)10-20-6-4-14(18-20)12-3-2-5-16-8-12/h4,6-7,12,16H,2-3,5,8-10H2,1H3,(H,17,21). The second kappa shape index (κ2) is 6.74. The van der Waals surface area contributed by atoms with Gasteiger partial charge in [-0.05, 0) is 32.4 Å². The molecule has 3 rings (SSSR count). The molecule has 0 radical (unpaired) electrons. The average molecular weight is 303 g/mol. The Bertz CT molecular complexity index is 627. The third kappa shape index (κ3) is 3.73. The molecule has 1 amide bonds. The largest absolute Gasteiger partial charge is 0.359 e. The smallest absolute Gasteiger partial charge is 0.242 e. The highest BCUT2D eigenvalue weighted by Crippen LogP contribution is 2.21. The van der Waals surface area contributed by atoms with E-state index in [0.29, 0.717) is 18.2 Å². The molecule has 1 saturated heterocycles. The first-order valence-corrected chi connectivity index (χ1v) is 7.63. The highest BCUT2D eigenvalue weighted by Gasteiger charge is 2.17. The quantitative estimate of drug-likeness (QED) is 0.859. The number of rotatable bonds is 5. The Hall–Kier alpha value is -2.15. The first kappa shape index (κ1) is 14.8. The first-order valence-electron chi connectivity index (χ1n) is 7.63. The lowest BCUT2D eigenvalue weighted by Gasteiger charge is -2.20. The summed E-state index contributed by atoms with van der Waals surface area (Å²) in [6, 6.07) is 3.81.